The molecule has 0 aliphatic carbocycles. The largest absolute Gasteiger partial charge is 0.545 e. The number of esters is 2. The second-order valence-corrected chi connectivity index (χ2v) is 28.0. The highest BCUT2D eigenvalue weighted by atomic mass is 16.7. The van der Waals surface area contributed by atoms with Crippen molar-refractivity contribution in [3.8, 4) is 0 Å². The van der Waals surface area contributed by atoms with Crippen LogP contribution >= 0.6 is 0 Å². The number of carbonyl (C=O) groups is 3. The number of quaternary nitrogens is 1. The van der Waals surface area contributed by atoms with Gasteiger partial charge in [0.1, 0.15) is 13.2 Å². The first-order valence-corrected chi connectivity index (χ1v) is 40.0. The van der Waals surface area contributed by atoms with Gasteiger partial charge >= 0.3 is 11.9 Å². The monoisotopic (exact) mass is 1330 g/mol. The molecule has 0 aromatic rings. The fourth-order valence-electron chi connectivity index (χ4n) is 11.4. The third-order valence-electron chi connectivity index (χ3n) is 17.5. The number of carboxylic acids is 1. The first-order chi connectivity index (χ1) is 46.6. The van der Waals surface area contributed by atoms with Gasteiger partial charge in [-0.15, -0.1) is 0 Å². The number of carbonyl (C=O) groups excluding carboxylic acids is 3. The topological polar surface area (TPSA) is 111 Å². The van der Waals surface area contributed by atoms with Crippen LogP contribution in [0.4, 0.5) is 0 Å². The number of allylic oxidation sites excluding steroid dienone is 18. The first kappa shape index (κ1) is 91.0. The van der Waals surface area contributed by atoms with Crippen molar-refractivity contribution >= 4 is 17.9 Å². The third-order valence-corrected chi connectivity index (χ3v) is 17.5. The average Bonchev–Trinajstić information content (AvgIpc) is 3.75. The van der Waals surface area contributed by atoms with Crippen LogP contribution in [0, 0.1) is 0 Å². The van der Waals surface area contributed by atoms with Gasteiger partial charge in [0.15, 0.2) is 12.4 Å². The molecule has 0 aromatic heterocycles. The molecule has 0 amide bonds. The van der Waals surface area contributed by atoms with Gasteiger partial charge in [-0.2, -0.15) is 0 Å². The molecule has 0 rings (SSSR count). The van der Waals surface area contributed by atoms with Gasteiger partial charge in [-0.25, -0.2) is 0 Å². The van der Waals surface area contributed by atoms with E-state index < -0.39 is 24.3 Å². The van der Waals surface area contributed by atoms with Crippen LogP contribution in [0.15, 0.2) is 109 Å². The lowest BCUT2D eigenvalue weighted by Gasteiger charge is -2.26. The normalized spacial score (nSPS) is 13.2. The zero-order valence-corrected chi connectivity index (χ0v) is 62.8. The highest BCUT2D eigenvalue weighted by Gasteiger charge is 2.22. The summed E-state index contributed by atoms with van der Waals surface area (Å²) in [5.41, 5.74) is 0. The molecule has 9 nitrogen and oxygen atoms in total. The smallest absolute Gasteiger partial charge is 0.306 e. The number of nitrogens with zero attached hydrogens (tertiary/aromatic N) is 1. The molecule has 548 valence electrons. The maximum atomic E-state index is 13.0. The van der Waals surface area contributed by atoms with Gasteiger partial charge in [0, 0.05) is 12.8 Å². The molecule has 0 radical (unpaired) electrons. The molecule has 0 aliphatic heterocycles. The predicted octanol–water partition coefficient (Wildman–Crippen LogP) is 24.4. The number of unbranched alkanes of at least 4 members (excludes halogenated alkanes) is 41. The molecule has 0 aromatic carbocycles. The van der Waals surface area contributed by atoms with Crippen LogP contribution in [0.5, 0.6) is 0 Å². The van der Waals surface area contributed by atoms with Crippen molar-refractivity contribution in [3.63, 3.8) is 0 Å². The lowest BCUT2D eigenvalue weighted by Crippen LogP contribution is -2.44. The molecule has 2 unspecified atom stereocenters. The third kappa shape index (κ3) is 77.2. The van der Waals surface area contributed by atoms with Crippen molar-refractivity contribution in [1.82, 2.24) is 0 Å². The summed E-state index contributed by atoms with van der Waals surface area (Å²) < 4.78 is 22.9. The summed E-state index contributed by atoms with van der Waals surface area (Å²) in [6, 6.07) is 0. The van der Waals surface area contributed by atoms with E-state index in [1.165, 1.54) is 238 Å². The maximum absolute atomic E-state index is 13.0. The Hall–Kier alpha value is -4.05. The van der Waals surface area contributed by atoms with Crippen molar-refractivity contribution in [1.29, 1.82) is 0 Å². The molecule has 0 heterocycles. The highest BCUT2D eigenvalue weighted by molar-refractivity contribution is 5.70. The number of hydrogen-bond donors (Lipinski definition) is 0. The van der Waals surface area contributed by atoms with E-state index in [0.717, 1.165) is 89.9 Å². The molecule has 0 saturated heterocycles. The Morgan fingerprint density at radius 2 is 0.600 bits per heavy atom. The molecule has 0 bridgehead atoms. The van der Waals surface area contributed by atoms with E-state index in [-0.39, 0.29) is 32.2 Å². The van der Waals surface area contributed by atoms with Crippen molar-refractivity contribution in [3.05, 3.63) is 109 Å². The highest BCUT2D eigenvalue weighted by Crippen LogP contribution is 2.19. The van der Waals surface area contributed by atoms with Crippen LogP contribution in [0.1, 0.15) is 361 Å². The van der Waals surface area contributed by atoms with Gasteiger partial charge in [0.2, 0.25) is 0 Å². The minimum absolute atomic E-state index is 0.146. The lowest BCUT2D eigenvalue weighted by molar-refractivity contribution is -0.870. The van der Waals surface area contributed by atoms with Crippen molar-refractivity contribution in [2.75, 3.05) is 47.5 Å². The van der Waals surface area contributed by atoms with Crippen LogP contribution in [0.3, 0.4) is 0 Å². The van der Waals surface area contributed by atoms with Crippen LogP contribution < -0.4 is 5.11 Å². The summed E-state index contributed by atoms with van der Waals surface area (Å²) in [6.07, 6.45) is 103. The van der Waals surface area contributed by atoms with E-state index in [0.29, 0.717) is 23.9 Å². The van der Waals surface area contributed by atoms with Gasteiger partial charge in [0.05, 0.1) is 40.3 Å². The maximum Gasteiger partial charge on any atom is 0.306 e. The van der Waals surface area contributed by atoms with E-state index in [9.17, 15) is 19.5 Å². The zero-order valence-electron chi connectivity index (χ0n) is 62.8. The van der Waals surface area contributed by atoms with Crippen LogP contribution in [-0.2, 0) is 33.3 Å². The summed E-state index contributed by atoms with van der Waals surface area (Å²) in [5, 5.41) is 11.9. The summed E-state index contributed by atoms with van der Waals surface area (Å²) >= 11 is 0. The van der Waals surface area contributed by atoms with Gasteiger partial charge < -0.3 is 33.3 Å². The molecule has 2 atom stereocenters. The Kier molecular flexibility index (Phi) is 72.5. The number of ether oxygens (including phenoxy) is 4. The number of rotatable bonds is 74. The minimum Gasteiger partial charge on any atom is -0.545 e. The Labute approximate surface area is 587 Å². The second-order valence-electron chi connectivity index (χ2n) is 28.0. The molecular weight excluding hydrogens is 1170 g/mol. The molecular formula is C86H151NO8. The Balaban J connectivity index is 4.02. The molecule has 95 heavy (non-hydrogen) atoms. The molecule has 0 N–H and O–H groups in total. The van der Waals surface area contributed by atoms with Crippen LogP contribution in [-0.4, -0.2) is 82.3 Å². The Bertz CT molecular complexity index is 1930. The second kappa shape index (κ2) is 75.7. The summed E-state index contributed by atoms with van der Waals surface area (Å²) in [7, 11) is 5.94. The standard InChI is InChI=1S/C86H151NO8/c1-6-8-10-12-14-16-18-20-22-24-26-28-30-32-34-36-38-40-41-42-43-45-46-48-50-52-54-56-58-60-62-64-66-68-70-72-74-76-83(88)93-80-82(81-94-86(85(90)91)92-79-78-87(3,4)5)95-84(89)77-75-73-71-69-67-65-63-61-59-57-55-53-51-49-47-44-39-37-35-33-31-29-27-25-23-21-19-17-15-13-11-9-7-2/h9,11,15,17-18,20-21,23-24,26-27,29-30,32-33,35,39,44,82,86H,6-8,10,12-14,16,19,22,25,28,31,34,36-38,40-43,45-81H2,1-5H3/b11-9-,17-15-,20-18-,23-21-,26-24-,29-27-,32-30-,35-33-,44-39-. The summed E-state index contributed by atoms with van der Waals surface area (Å²) in [4.78, 5) is 37.6. The van der Waals surface area contributed by atoms with E-state index in [1.54, 1.807) is 0 Å². The number of carboxylic acid groups (broad SMARTS) is 1. The van der Waals surface area contributed by atoms with Gasteiger partial charge in [-0.1, -0.05) is 354 Å². The van der Waals surface area contributed by atoms with Crippen LogP contribution in [0.2, 0.25) is 0 Å². The number of aliphatic carboxylic acids is 1. The lowest BCUT2D eigenvalue weighted by atomic mass is 10.0. The quantitative estimate of drug-likeness (QED) is 0.0195. The number of likely N-dealkylation sites (N-methyl/N-ethyl adjacent to an activating group) is 1. The first-order valence-electron chi connectivity index (χ1n) is 40.0. The van der Waals surface area contributed by atoms with E-state index in [4.69, 9.17) is 18.9 Å². The fourth-order valence-corrected chi connectivity index (χ4v) is 11.4. The average molecular weight is 1330 g/mol. The predicted molar refractivity (Wildman–Crippen MR) is 407 cm³/mol. The van der Waals surface area contributed by atoms with Gasteiger partial charge in [-0.05, 0) is 103 Å². The van der Waals surface area contributed by atoms with Gasteiger partial charge in [-0.3, -0.25) is 9.59 Å². The molecule has 0 fully saturated rings. The van der Waals surface area contributed by atoms with Crippen molar-refractivity contribution in [2.24, 2.45) is 0 Å². The molecule has 0 aliphatic rings. The van der Waals surface area contributed by atoms with Crippen molar-refractivity contribution < 1.29 is 42.9 Å². The van der Waals surface area contributed by atoms with E-state index >= 15 is 0 Å². The van der Waals surface area contributed by atoms with Crippen molar-refractivity contribution in [2.45, 2.75) is 373 Å². The van der Waals surface area contributed by atoms with Crippen LogP contribution in [0.25, 0.3) is 0 Å². The minimum atomic E-state index is -1.63. The fraction of sp³-hybridized carbons (Fsp3) is 0.756. The SMILES string of the molecule is CC/C=C\C/C=C\C/C=C\C/C=C\C/C=C\C/C=C\CCCCCCCCCCCCCCCCC(=O)OC(COC(=O)CCCCCCCCCCCCCCCCCCCCCCCC/C=C\C/C=C\C/C=C\CCCCCCC)COC(OCC[N+](C)(C)C)C(=O)[O-]. The summed E-state index contributed by atoms with van der Waals surface area (Å²) in [5.74, 6) is -2.27. The van der Waals surface area contributed by atoms with Gasteiger partial charge in [0.25, 0.3) is 0 Å². The van der Waals surface area contributed by atoms with E-state index in [1.807, 2.05) is 21.1 Å². The molecule has 0 spiro atoms. The zero-order chi connectivity index (χ0) is 69.0. The molecule has 0 saturated carbocycles. The summed E-state index contributed by atoms with van der Waals surface area (Å²) in [6.45, 7) is 4.66. The Morgan fingerprint density at radius 3 is 0.895 bits per heavy atom. The van der Waals surface area contributed by atoms with E-state index in [2.05, 4.69) is 123 Å². The number of hydrogen-bond acceptors (Lipinski definition) is 8. The Morgan fingerprint density at radius 1 is 0.326 bits per heavy atom. The molecule has 9 heteroatoms.